The number of hydrogen-bond acceptors (Lipinski definition) is 3. The summed E-state index contributed by atoms with van der Waals surface area (Å²) < 4.78 is 13.0. The van der Waals surface area contributed by atoms with Crippen LogP contribution < -0.4 is 10.6 Å². The van der Waals surface area contributed by atoms with Gasteiger partial charge in [0.2, 0.25) is 5.91 Å². The van der Waals surface area contributed by atoms with E-state index in [1.54, 1.807) is 18.3 Å². The van der Waals surface area contributed by atoms with Gasteiger partial charge < -0.3 is 10.6 Å². The fraction of sp³-hybridized carbons (Fsp3) is 0.133. The molecule has 1 aromatic carbocycles. The van der Waals surface area contributed by atoms with E-state index in [1.165, 1.54) is 25.3 Å². The fourth-order valence-corrected chi connectivity index (χ4v) is 1.85. The second-order valence-corrected chi connectivity index (χ2v) is 4.96. The molecule has 0 spiro atoms. The van der Waals surface area contributed by atoms with E-state index in [0.29, 0.717) is 11.3 Å². The summed E-state index contributed by atoms with van der Waals surface area (Å²) in [5.41, 5.74) is 0.700. The first-order valence-electron chi connectivity index (χ1n) is 6.44. The summed E-state index contributed by atoms with van der Waals surface area (Å²) in [6.07, 6.45) is 2.95. The van der Waals surface area contributed by atoms with Crippen molar-refractivity contribution in [2.75, 3.05) is 5.32 Å². The number of anilines is 1. The summed E-state index contributed by atoms with van der Waals surface area (Å²) in [6.45, 7) is 1.54. The lowest BCUT2D eigenvalue weighted by atomic mass is 10.2. The van der Waals surface area contributed by atoms with Crippen LogP contribution in [0.25, 0.3) is 0 Å². The molecule has 0 unspecified atom stereocenters. The summed E-state index contributed by atoms with van der Waals surface area (Å²) in [7, 11) is 0. The van der Waals surface area contributed by atoms with Gasteiger partial charge >= 0.3 is 0 Å². The minimum atomic E-state index is -0.781. The molecule has 1 atom stereocenters. The van der Waals surface area contributed by atoms with Crippen molar-refractivity contribution in [2.24, 2.45) is 0 Å². The molecule has 5 nitrogen and oxygen atoms in total. The van der Waals surface area contributed by atoms with Crippen molar-refractivity contribution in [2.45, 2.75) is 13.0 Å². The standard InChI is InChI=1S/C15H13ClFN3O2/c1-9(19-15(22)10-3-2-6-18-8-10)14(21)20-11-4-5-13(17)12(16)7-11/h2-9H,1H3,(H,19,22)(H,20,21)/t9-/m0/s1. The van der Waals surface area contributed by atoms with Gasteiger partial charge in [-0.15, -0.1) is 0 Å². The van der Waals surface area contributed by atoms with Crippen LogP contribution in [0.5, 0.6) is 0 Å². The number of nitrogens with one attached hydrogen (secondary N) is 2. The van der Waals surface area contributed by atoms with Gasteiger partial charge in [0.15, 0.2) is 0 Å². The quantitative estimate of drug-likeness (QED) is 0.909. The fourth-order valence-electron chi connectivity index (χ4n) is 1.67. The zero-order valence-electron chi connectivity index (χ0n) is 11.6. The van der Waals surface area contributed by atoms with Crippen LogP contribution in [0.15, 0.2) is 42.7 Å². The summed E-state index contributed by atoms with van der Waals surface area (Å²) in [5.74, 6) is -1.43. The third kappa shape index (κ3) is 4.02. The minimum Gasteiger partial charge on any atom is -0.340 e. The Morgan fingerprint density at radius 1 is 1.32 bits per heavy atom. The highest BCUT2D eigenvalue weighted by molar-refractivity contribution is 6.31. The summed E-state index contributed by atoms with van der Waals surface area (Å²) >= 11 is 5.64. The van der Waals surface area contributed by atoms with Crippen molar-refractivity contribution >= 4 is 29.1 Å². The lowest BCUT2D eigenvalue weighted by Gasteiger charge is -2.14. The predicted octanol–water partition coefficient (Wildman–Crippen LogP) is 2.63. The molecule has 2 aromatic rings. The maximum absolute atomic E-state index is 13.0. The summed E-state index contributed by atoms with van der Waals surface area (Å²) in [5, 5.41) is 5.00. The molecule has 2 amide bonds. The van der Waals surface area contributed by atoms with E-state index in [-0.39, 0.29) is 5.02 Å². The molecule has 0 saturated heterocycles. The highest BCUT2D eigenvalue weighted by Crippen LogP contribution is 2.19. The number of hydrogen-bond donors (Lipinski definition) is 2. The second-order valence-electron chi connectivity index (χ2n) is 4.55. The average Bonchev–Trinajstić information content (AvgIpc) is 2.51. The normalized spacial score (nSPS) is 11.6. The summed E-state index contributed by atoms with van der Waals surface area (Å²) in [6, 6.07) is 6.26. The molecule has 7 heteroatoms. The van der Waals surface area contributed by atoms with Gasteiger partial charge in [0.05, 0.1) is 10.6 Å². The highest BCUT2D eigenvalue weighted by atomic mass is 35.5. The molecule has 114 valence electrons. The molecule has 2 N–H and O–H groups in total. The molecule has 22 heavy (non-hydrogen) atoms. The van der Waals surface area contributed by atoms with Crippen LogP contribution in [-0.4, -0.2) is 22.8 Å². The first-order chi connectivity index (χ1) is 10.5. The molecule has 0 radical (unpaired) electrons. The van der Waals surface area contributed by atoms with E-state index in [4.69, 9.17) is 11.6 Å². The zero-order chi connectivity index (χ0) is 16.1. The third-order valence-corrected chi connectivity index (χ3v) is 3.14. The smallest absolute Gasteiger partial charge is 0.253 e. The lowest BCUT2D eigenvalue weighted by molar-refractivity contribution is -0.117. The highest BCUT2D eigenvalue weighted by Gasteiger charge is 2.17. The van der Waals surface area contributed by atoms with Crippen molar-refractivity contribution in [3.05, 3.63) is 59.1 Å². The number of halogens is 2. The van der Waals surface area contributed by atoms with Crippen LogP contribution in [-0.2, 0) is 4.79 Å². The average molecular weight is 322 g/mol. The Morgan fingerprint density at radius 3 is 2.73 bits per heavy atom. The molecule has 0 aliphatic carbocycles. The Balaban J connectivity index is 1.97. The Morgan fingerprint density at radius 2 is 2.09 bits per heavy atom. The molecule has 0 aliphatic heterocycles. The molecule has 0 fully saturated rings. The SMILES string of the molecule is C[C@H](NC(=O)c1cccnc1)C(=O)Nc1ccc(F)c(Cl)c1. The maximum atomic E-state index is 13.0. The van der Waals surface area contributed by atoms with Crippen LogP contribution in [0, 0.1) is 5.82 Å². The van der Waals surface area contributed by atoms with E-state index >= 15 is 0 Å². The minimum absolute atomic E-state index is 0.0927. The molecule has 1 aromatic heterocycles. The largest absolute Gasteiger partial charge is 0.340 e. The number of pyridine rings is 1. The number of aromatic nitrogens is 1. The van der Waals surface area contributed by atoms with Gasteiger partial charge in [-0.25, -0.2) is 4.39 Å². The van der Waals surface area contributed by atoms with E-state index in [9.17, 15) is 14.0 Å². The number of carbonyl (C=O) groups is 2. The number of amides is 2. The van der Waals surface area contributed by atoms with Crippen molar-refractivity contribution < 1.29 is 14.0 Å². The molecule has 2 rings (SSSR count). The van der Waals surface area contributed by atoms with Gasteiger partial charge in [0.1, 0.15) is 11.9 Å². The predicted molar refractivity (Wildman–Crippen MR) is 81.2 cm³/mol. The first-order valence-corrected chi connectivity index (χ1v) is 6.82. The molecular formula is C15H13ClFN3O2. The maximum Gasteiger partial charge on any atom is 0.253 e. The van der Waals surface area contributed by atoms with E-state index in [1.807, 2.05) is 0 Å². The monoisotopic (exact) mass is 321 g/mol. The van der Waals surface area contributed by atoms with Gasteiger partial charge in [0.25, 0.3) is 5.91 Å². The molecule has 0 bridgehead atoms. The second kappa shape index (κ2) is 7.00. The van der Waals surface area contributed by atoms with Crippen LogP contribution in [0.4, 0.5) is 10.1 Å². The third-order valence-electron chi connectivity index (χ3n) is 2.85. The van der Waals surface area contributed by atoms with Gasteiger partial charge in [-0.05, 0) is 37.3 Å². The number of carbonyl (C=O) groups excluding carboxylic acids is 2. The van der Waals surface area contributed by atoms with Gasteiger partial charge in [-0.1, -0.05) is 11.6 Å². The Kier molecular flexibility index (Phi) is 5.06. The Hall–Kier alpha value is -2.47. The van der Waals surface area contributed by atoms with Crippen LogP contribution in [0.3, 0.4) is 0 Å². The van der Waals surface area contributed by atoms with Gasteiger partial charge in [-0.3, -0.25) is 14.6 Å². The first kappa shape index (κ1) is 15.9. The van der Waals surface area contributed by atoms with Crippen molar-refractivity contribution in [3.63, 3.8) is 0 Å². The van der Waals surface area contributed by atoms with Crippen LogP contribution in [0.2, 0.25) is 5.02 Å². The zero-order valence-corrected chi connectivity index (χ0v) is 12.4. The van der Waals surface area contributed by atoms with Gasteiger partial charge in [0, 0.05) is 18.1 Å². The molecule has 0 saturated carbocycles. The number of nitrogens with zero attached hydrogens (tertiary/aromatic N) is 1. The Bertz CT molecular complexity index is 694. The van der Waals surface area contributed by atoms with Crippen molar-refractivity contribution in [3.8, 4) is 0 Å². The molecule has 1 heterocycles. The lowest BCUT2D eigenvalue weighted by Crippen LogP contribution is -2.41. The van der Waals surface area contributed by atoms with Gasteiger partial charge in [-0.2, -0.15) is 0 Å². The number of benzene rings is 1. The Labute approximate surface area is 131 Å². The van der Waals surface area contributed by atoms with Crippen LogP contribution >= 0.6 is 11.6 Å². The molecule has 0 aliphatic rings. The van der Waals surface area contributed by atoms with E-state index < -0.39 is 23.7 Å². The van der Waals surface area contributed by atoms with Crippen molar-refractivity contribution in [1.82, 2.24) is 10.3 Å². The molecular weight excluding hydrogens is 309 g/mol. The van der Waals surface area contributed by atoms with E-state index in [0.717, 1.165) is 6.07 Å². The number of rotatable bonds is 4. The van der Waals surface area contributed by atoms with Crippen molar-refractivity contribution in [1.29, 1.82) is 0 Å². The van der Waals surface area contributed by atoms with E-state index in [2.05, 4.69) is 15.6 Å². The topological polar surface area (TPSA) is 71.1 Å². The summed E-state index contributed by atoms with van der Waals surface area (Å²) in [4.78, 5) is 27.7. The van der Waals surface area contributed by atoms with Crippen LogP contribution in [0.1, 0.15) is 17.3 Å².